The number of aromatic nitrogens is 1. The Labute approximate surface area is 113 Å². The first-order chi connectivity index (χ1) is 9.68. The molecule has 0 radical (unpaired) electrons. The highest BCUT2D eigenvalue weighted by Crippen LogP contribution is 2.22. The Kier molecular flexibility index (Phi) is 4.43. The summed E-state index contributed by atoms with van der Waals surface area (Å²) in [6, 6.07) is 8.93. The summed E-state index contributed by atoms with van der Waals surface area (Å²) in [6.45, 7) is 0.105. The number of para-hydroxylation sites is 1. The Morgan fingerprint density at radius 3 is 2.45 bits per heavy atom. The van der Waals surface area contributed by atoms with Gasteiger partial charge in [-0.15, -0.1) is 0 Å². The molecule has 0 unspecified atom stereocenters. The Balaban J connectivity index is 1.88. The van der Waals surface area contributed by atoms with E-state index in [0.717, 1.165) is 0 Å². The van der Waals surface area contributed by atoms with Crippen LogP contribution < -0.4 is 9.47 Å². The first-order valence-electron chi connectivity index (χ1n) is 5.78. The molecule has 0 saturated carbocycles. The SMILES string of the molecule is O=[N+]([O-])c1ncccc1OCCOc1ccccc1F. The van der Waals surface area contributed by atoms with Crippen LogP contribution in [0.3, 0.4) is 0 Å². The van der Waals surface area contributed by atoms with Gasteiger partial charge in [0.1, 0.15) is 19.4 Å². The topological polar surface area (TPSA) is 74.5 Å². The Hall–Kier alpha value is -2.70. The van der Waals surface area contributed by atoms with E-state index in [1.54, 1.807) is 12.1 Å². The lowest BCUT2D eigenvalue weighted by Crippen LogP contribution is -2.10. The third-order valence-corrected chi connectivity index (χ3v) is 2.36. The molecule has 20 heavy (non-hydrogen) atoms. The van der Waals surface area contributed by atoms with Crippen molar-refractivity contribution < 1.29 is 18.8 Å². The van der Waals surface area contributed by atoms with Crippen molar-refractivity contribution in [3.8, 4) is 11.5 Å². The highest BCUT2D eigenvalue weighted by Gasteiger charge is 2.15. The molecule has 6 nitrogen and oxygen atoms in total. The number of hydrogen-bond donors (Lipinski definition) is 0. The van der Waals surface area contributed by atoms with Crippen LogP contribution in [0.15, 0.2) is 42.6 Å². The number of halogens is 1. The average molecular weight is 278 g/mol. The molecule has 1 aromatic heterocycles. The van der Waals surface area contributed by atoms with E-state index in [4.69, 9.17) is 9.47 Å². The maximum absolute atomic E-state index is 13.2. The zero-order chi connectivity index (χ0) is 14.4. The highest BCUT2D eigenvalue weighted by atomic mass is 19.1. The summed E-state index contributed by atoms with van der Waals surface area (Å²) in [7, 11) is 0. The van der Waals surface area contributed by atoms with Gasteiger partial charge in [-0.05, 0) is 34.2 Å². The van der Waals surface area contributed by atoms with Crippen LogP contribution in [-0.2, 0) is 0 Å². The fourth-order valence-corrected chi connectivity index (χ4v) is 1.50. The van der Waals surface area contributed by atoms with Gasteiger partial charge in [-0.3, -0.25) is 0 Å². The molecule has 0 spiro atoms. The van der Waals surface area contributed by atoms with Gasteiger partial charge in [-0.2, -0.15) is 0 Å². The van der Waals surface area contributed by atoms with Gasteiger partial charge in [0.2, 0.25) is 5.75 Å². The molecule has 0 N–H and O–H groups in total. The van der Waals surface area contributed by atoms with Crippen molar-refractivity contribution in [2.24, 2.45) is 0 Å². The van der Waals surface area contributed by atoms with Crippen LogP contribution in [0.1, 0.15) is 0 Å². The maximum atomic E-state index is 13.2. The Morgan fingerprint density at radius 2 is 1.75 bits per heavy atom. The van der Waals surface area contributed by atoms with Gasteiger partial charge < -0.3 is 19.6 Å². The summed E-state index contributed by atoms with van der Waals surface area (Å²) in [5, 5.41) is 10.7. The highest BCUT2D eigenvalue weighted by molar-refractivity contribution is 5.38. The molecular weight excluding hydrogens is 267 g/mol. The molecule has 0 aliphatic heterocycles. The quantitative estimate of drug-likeness (QED) is 0.461. The van der Waals surface area contributed by atoms with Crippen molar-refractivity contribution in [3.63, 3.8) is 0 Å². The zero-order valence-electron chi connectivity index (χ0n) is 10.4. The Bertz CT molecular complexity index is 606. The summed E-state index contributed by atoms with van der Waals surface area (Å²) in [6.07, 6.45) is 1.31. The molecule has 0 aliphatic carbocycles. The van der Waals surface area contributed by atoms with Crippen molar-refractivity contribution >= 4 is 5.82 Å². The van der Waals surface area contributed by atoms with Crippen molar-refractivity contribution in [2.45, 2.75) is 0 Å². The van der Waals surface area contributed by atoms with E-state index in [1.807, 2.05) is 0 Å². The van der Waals surface area contributed by atoms with Gasteiger partial charge in [0, 0.05) is 0 Å². The van der Waals surface area contributed by atoms with Crippen LogP contribution in [0, 0.1) is 15.9 Å². The molecule has 2 rings (SSSR count). The van der Waals surface area contributed by atoms with E-state index in [-0.39, 0.29) is 30.5 Å². The molecule has 0 bridgehead atoms. The van der Waals surface area contributed by atoms with E-state index < -0.39 is 10.7 Å². The van der Waals surface area contributed by atoms with E-state index in [0.29, 0.717) is 0 Å². The lowest BCUT2D eigenvalue weighted by molar-refractivity contribution is -0.390. The summed E-state index contributed by atoms with van der Waals surface area (Å²) in [4.78, 5) is 13.7. The summed E-state index contributed by atoms with van der Waals surface area (Å²) in [5.74, 6) is -0.676. The summed E-state index contributed by atoms with van der Waals surface area (Å²) >= 11 is 0. The van der Waals surface area contributed by atoms with Gasteiger partial charge in [-0.25, -0.2) is 4.39 Å². The van der Waals surface area contributed by atoms with Crippen LogP contribution in [0.5, 0.6) is 11.5 Å². The summed E-state index contributed by atoms with van der Waals surface area (Å²) in [5.41, 5.74) is 0. The molecule has 0 fully saturated rings. The molecule has 104 valence electrons. The standard InChI is InChI=1S/C13H11FN2O4/c14-10-4-1-2-5-11(10)19-8-9-20-12-6-3-7-15-13(12)16(17)18/h1-7H,8-9H2. The molecule has 0 atom stereocenters. The van der Waals surface area contributed by atoms with Crippen LogP contribution in [0.25, 0.3) is 0 Å². The molecule has 2 aromatic rings. The number of pyridine rings is 1. The van der Waals surface area contributed by atoms with E-state index in [9.17, 15) is 14.5 Å². The van der Waals surface area contributed by atoms with Gasteiger partial charge in [0.15, 0.2) is 11.6 Å². The second kappa shape index (κ2) is 6.46. The van der Waals surface area contributed by atoms with Crippen LogP contribution in [0.4, 0.5) is 10.2 Å². The fraction of sp³-hybridized carbons (Fsp3) is 0.154. The molecule has 7 heteroatoms. The largest absolute Gasteiger partial charge is 0.487 e. The predicted molar refractivity (Wildman–Crippen MR) is 68.3 cm³/mol. The second-order valence-corrected chi connectivity index (χ2v) is 3.71. The maximum Gasteiger partial charge on any atom is 0.406 e. The van der Waals surface area contributed by atoms with E-state index in [1.165, 1.54) is 30.5 Å². The fourth-order valence-electron chi connectivity index (χ4n) is 1.50. The summed E-state index contributed by atoms with van der Waals surface area (Å²) < 4.78 is 23.6. The van der Waals surface area contributed by atoms with Gasteiger partial charge in [0.25, 0.3) is 0 Å². The lowest BCUT2D eigenvalue weighted by atomic mass is 10.3. The molecular formula is C13H11FN2O4. The van der Waals surface area contributed by atoms with Gasteiger partial charge in [0.05, 0.1) is 0 Å². The molecule has 1 aromatic carbocycles. The number of hydrogen-bond acceptors (Lipinski definition) is 5. The van der Waals surface area contributed by atoms with Crippen molar-refractivity contribution in [1.82, 2.24) is 4.98 Å². The van der Waals surface area contributed by atoms with E-state index in [2.05, 4.69) is 4.98 Å². The first-order valence-corrected chi connectivity index (χ1v) is 5.78. The van der Waals surface area contributed by atoms with Crippen molar-refractivity contribution in [2.75, 3.05) is 13.2 Å². The normalized spacial score (nSPS) is 10.1. The van der Waals surface area contributed by atoms with Crippen LogP contribution in [-0.4, -0.2) is 23.1 Å². The van der Waals surface area contributed by atoms with Gasteiger partial charge >= 0.3 is 5.82 Å². The van der Waals surface area contributed by atoms with Crippen LogP contribution >= 0.6 is 0 Å². The minimum atomic E-state index is -0.632. The van der Waals surface area contributed by atoms with Gasteiger partial charge in [-0.1, -0.05) is 12.1 Å². The molecule has 0 amide bonds. The second-order valence-electron chi connectivity index (χ2n) is 3.71. The predicted octanol–water partition coefficient (Wildman–Crippen LogP) is 2.59. The monoisotopic (exact) mass is 278 g/mol. The smallest absolute Gasteiger partial charge is 0.406 e. The number of nitro groups is 1. The van der Waals surface area contributed by atoms with Crippen molar-refractivity contribution in [1.29, 1.82) is 0 Å². The zero-order valence-corrected chi connectivity index (χ0v) is 10.4. The molecule has 0 saturated heterocycles. The van der Waals surface area contributed by atoms with Crippen LogP contribution in [0.2, 0.25) is 0 Å². The number of nitrogens with zero attached hydrogens (tertiary/aromatic N) is 2. The third-order valence-electron chi connectivity index (χ3n) is 2.36. The molecule has 1 heterocycles. The number of ether oxygens (including phenoxy) is 2. The minimum absolute atomic E-state index is 0.0425. The van der Waals surface area contributed by atoms with Crippen molar-refractivity contribution in [3.05, 3.63) is 58.5 Å². The first kappa shape index (κ1) is 13.7. The third kappa shape index (κ3) is 3.41. The lowest BCUT2D eigenvalue weighted by Gasteiger charge is -2.08. The van der Waals surface area contributed by atoms with E-state index >= 15 is 0 Å². The Morgan fingerprint density at radius 1 is 1.10 bits per heavy atom. The average Bonchev–Trinajstić information content (AvgIpc) is 2.45. The number of benzene rings is 1. The minimum Gasteiger partial charge on any atom is -0.487 e. The number of rotatable bonds is 6. The molecule has 0 aliphatic rings.